The minimum absolute atomic E-state index is 0.0423. The van der Waals surface area contributed by atoms with Crippen LogP contribution in [0.2, 0.25) is 5.02 Å². The van der Waals surface area contributed by atoms with Crippen LogP contribution >= 0.6 is 11.6 Å². The Balaban J connectivity index is 2.06. The molecule has 2 aromatic rings. The smallest absolute Gasteiger partial charge is 0.338 e. The molecule has 0 spiro atoms. The van der Waals surface area contributed by atoms with Crippen molar-refractivity contribution in [2.75, 3.05) is 27.4 Å². The van der Waals surface area contributed by atoms with Crippen molar-refractivity contribution in [1.29, 1.82) is 0 Å². The van der Waals surface area contributed by atoms with Gasteiger partial charge in [0, 0.05) is 12.1 Å². The maximum Gasteiger partial charge on any atom is 0.338 e. The van der Waals surface area contributed by atoms with Gasteiger partial charge in [0.25, 0.3) is 0 Å². The van der Waals surface area contributed by atoms with Gasteiger partial charge >= 0.3 is 12.0 Å². The van der Waals surface area contributed by atoms with E-state index in [1.807, 2.05) is 12.1 Å². The highest BCUT2D eigenvalue weighted by molar-refractivity contribution is 6.31. The molecule has 8 heteroatoms. The average molecular weight is 431 g/mol. The Labute approximate surface area is 180 Å². The summed E-state index contributed by atoms with van der Waals surface area (Å²) in [4.78, 5) is 26.9. The summed E-state index contributed by atoms with van der Waals surface area (Å²) in [5.41, 5.74) is 1.24. The normalized spacial score (nSPS) is 16.2. The van der Waals surface area contributed by atoms with Crippen molar-refractivity contribution in [1.82, 2.24) is 10.2 Å². The molecule has 1 atom stereocenters. The number of rotatable bonds is 7. The Morgan fingerprint density at radius 3 is 2.47 bits per heavy atom. The maximum absolute atomic E-state index is 12.9. The minimum atomic E-state index is -0.766. The van der Waals surface area contributed by atoms with Gasteiger partial charge in [-0.05, 0) is 30.7 Å². The van der Waals surface area contributed by atoms with Crippen molar-refractivity contribution >= 4 is 23.6 Å². The fourth-order valence-corrected chi connectivity index (χ4v) is 3.45. The number of carbonyl (C=O) groups excluding carboxylic acids is 2. The zero-order valence-electron chi connectivity index (χ0n) is 17.0. The first-order chi connectivity index (χ1) is 14.5. The first kappa shape index (κ1) is 21.5. The molecule has 158 valence electrons. The van der Waals surface area contributed by atoms with Crippen LogP contribution in [0.25, 0.3) is 0 Å². The molecular weight excluding hydrogens is 408 g/mol. The van der Waals surface area contributed by atoms with Gasteiger partial charge in [-0.3, -0.25) is 4.90 Å². The summed E-state index contributed by atoms with van der Waals surface area (Å²) >= 11 is 6.36. The lowest BCUT2D eigenvalue weighted by Gasteiger charge is -2.34. The molecule has 1 unspecified atom stereocenters. The van der Waals surface area contributed by atoms with Crippen molar-refractivity contribution in [3.63, 3.8) is 0 Å². The highest BCUT2D eigenvalue weighted by atomic mass is 35.5. The van der Waals surface area contributed by atoms with E-state index < -0.39 is 12.0 Å². The van der Waals surface area contributed by atoms with Crippen molar-refractivity contribution in [2.24, 2.45) is 0 Å². The Morgan fingerprint density at radius 1 is 1.13 bits per heavy atom. The predicted octanol–water partition coefficient (Wildman–Crippen LogP) is 3.94. The number of hydrogen-bond donors (Lipinski definition) is 1. The van der Waals surface area contributed by atoms with E-state index in [4.69, 9.17) is 25.8 Å². The first-order valence-corrected chi connectivity index (χ1v) is 9.80. The Morgan fingerprint density at radius 2 is 1.80 bits per heavy atom. The summed E-state index contributed by atoms with van der Waals surface area (Å²) in [5.74, 6) is 0.485. The molecular formula is C22H23ClN2O5. The predicted molar refractivity (Wildman–Crippen MR) is 113 cm³/mol. The van der Waals surface area contributed by atoms with E-state index in [9.17, 15) is 9.59 Å². The van der Waals surface area contributed by atoms with Gasteiger partial charge in [0.1, 0.15) is 6.61 Å². The van der Waals surface area contributed by atoms with Gasteiger partial charge in [0.05, 0.1) is 31.0 Å². The fourth-order valence-electron chi connectivity index (χ4n) is 3.21. The zero-order valence-corrected chi connectivity index (χ0v) is 17.7. The summed E-state index contributed by atoms with van der Waals surface area (Å²) in [6, 6.07) is 13.0. The lowest BCUT2D eigenvalue weighted by atomic mass is 9.94. The summed E-state index contributed by atoms with van der Waals surface area (Å²) in [6.07, 6.45) is 0. The number of carbonyl (C=O) groups is 2. The van der Waals surface area contributed by atoms with Crippen molar-refractivity contribution < 1.29 is 23.8 Å². The molecule has 30 heavy (non-hydrogen) atoms. The highest BCUT2D eigenvalue weighted by Gasteiger charge is 2.37. The number of benzene rings is 2. The molecule has 0 aromatic heterocycles. The summed E-state index contributed by atoms with van der Waals surface area (Å²) in [6.45, 7) is 1.87. The largest absolute Gasteiger partial charge is 0.493 e. The maximum atomic E-state index is 12.9. The van der Waals surface area contributed by atoms with Crippen LogP contribution in [-0.2, 0) is 9.53 Å². The molecule has 1 heterocycles. The Hall–Kier alpha value is -3.19. The quantitative estimate of drug-likeness (QED) is 0.673. The van der Waals surface area contributed by atoms with Crippen LogP contribution < -0.4 is 14.8 Å². The molecule has 0 saturated carbocycles. The molecule has 0 bridgehead atoms. The molecule has 7 nitrogen and oxygen atoms in total. The lowest BCUT2D eigenvalue weighted by Crippen LogP contribution is -2.48. The SMILES string of the molecule is CCOC(=O)C1=C(COc2ccccc2OC)N(C)C(=O)NC1c1ccccc1Cl. The number of nitrogens with one attached hydrogen (secondary N) is 1. The number of ether oxygens (including phenoxy) is 3. The summed E-state index contributed by atoms with van der Waals surface area (Å²) in [5, 5.41) is 3.26. The second-order valence-corrected chi connectivity index (χ2v) is 6.89. The molecule has 1 aliphatic heterocycles. The van der Waals surface area contributed by atoms with Gasteiger partial charge in [-0.2, -0.15) is 0 Å². The number of nitrogens with zero attached hydrogens (tertiary/aromatic N) is 1. The van der Waals surface area contributed by atoms with Crippen molar-refractivity contribution in [3.8, 4) is 11.5 Å². The van der Waals surface area contributed by atoms with E-state index in [2.05, 4.69) is 5.32 Å². The molecule has 2 aromatic carbocycles. The molecule has 0 fully saturated rings. The van der Waals surface area contributed by atoms with Gasteiger partial charge in [0.15, 0.2) is 11.5 Å². The lowest BCUT2D eigenvalue weighted by molar-refractivity contribution is -0.139. The number of para-hydroxylation sites is 2. The molecule has 3 rings (SSSR count). The molecule has 1 aliphatic rings. The van der Waals surface area contributed by atoms with Gasteiger partial charge in [-0.1, -0.05) is 41.9 Å². The second kappa shape index (κ2) is 9.54. The Bertz CT molecular complexity index is 976. The number of likely N-dealkylation sites (N-methyl/N-ethyl adjacent to an activating group) is 1. The van der Waals surface area contributed by atoms with Crippen molar-refractivity contribution in [2.45, 2.75) is 13.0 Å². The van der Waals surface area contributed by atoms with Crippen LogP contribution in [0.4, 0.5) is 4.79 Å². The number of esters is 1. The standard InChI is InChI=1S/C22H23ClN2O5/c1-4-29-21(26)19-16(13-30-18-12-8-7-11-17(18)28-3)25(2)22(27)24-20(19)14-9-5-6-10-15(14)23/h5-12,20H,4,13H2,1-3H3,(H,24,27). The van der Waals surface area contributed by atoms with Gasteiger partial charge in [-0.25, -0.2) is 9.59 Å². The number of hydrogen-bond acceptors (Lipinski definition) is 5. The number of halogens is 1. The van der Waals surface area contributed by atoms with Crippen LogP contribution in [0.3, 0.4) is 0 Å². The molecule has 2 amide bonds. The van der Waals surface area contributed by atoms with E-state index in [0.29, 0.717) is 27.8 Å². The van der Waals surface area contributed by atoms with Crippen LogP contribution in [-0.4, -0.2) is 44.3 Å². The first-order valence-electron chi connectivity index (χ1n) is 9.42. The molecule has 1 N–H and O–H groups in total. The van der Waals surface area contributed by atoms with Crippen LogP contribution in [0, 0.1) is 0 Å². The van der Waals surface area contributed by atoms with E-state index in [1.165, 1.54) is 4.90 Å². The highest BCUT2D eigenvalue weighted by Crippen LogP contribution is 2.35. The van der Waals surface area contributed by atoms with Crippen LogP contribution in [0.15, 0.2) is 59.8 Å². The van der Waals surface area contributed by atoms with Gasteiger partial charge < -0.3 is 19.5 Å². The fraction of sp³-hybridized carbons (Fsp3) is 0.273. The van der Waals surface area contributed by atoms with E-state index in [-0.39, 0.29) is 24.8 Å². The molecule has 0 aliphatic carbocycles. The average Bonchev–Trinajstić information content (AvgIpc) is 2.75. The number of methoxy groups -OCH3 is 1. The van der Waals surface area contributed by atoms with Gasteiger partial charge in [-0.15, -0.1) is 0 Å². The zero-order chi connectivity index (χ0) is 21.7. The third-order valence-electron chi connectivity index (χ3n) is 4.72. The third kappa shape index (κ3) is 4.36. The Kier molecular flexibility index (Phi) is 6.84. The summed E-state index contributed by atoms with van der Waals surface area (Å²) < 4.78 is 16.5. The topological polar surface area (TPSA) is 77.1 Å². The third-order valence-corrected chi connectivity index (χ3v) is 5.07. The number of urea groups is 1. The minimum Gasteiger partial charge on any atom is -0.493 e. The monoisotopic (exact) mass is 430 g/mol. The van der Waals surface area contributed by atoms with Crippen LogP contribution in [0.1, 0.15) is 18.5 Å². The van der Waals surface area contributed by atoms with Gasteiger partial charge in [0.2, 0.25) is 0 Å². The van der Waals surface area contributed by atoms with E-state index in [0.717, 1.165) is 0 Å². The molecule has 0 saturated heterocycles. The molecule has 0 radical (unpaired) electrons. The van der Waals surface area contributed by atoms with Crippen molar-refractivity contribution in [3.05, 3.63) is 70.4 Å². The summed E-state index contributed by atoms with van der Waals surface area (Å²) in [7, 11) is 3.11. The second-order valence-electron chi connectivity index (χ2n) is 6.48. The van der Waals surface area contributed by atoms with E-state index >= 15 is 0 Å². The number of amides is 2. The van der Waals surface area contributed by atoms with E-state index in [1.54, 1.807) is 57.5 Å². The van der Waals surface area contributed by atoms with Crippen LogP contribution in [0.5, 0.6) is 11.5 Å².